The Morgan fingerprint density at radius 3 is 2.55 bits per heavy atom. The molecule has 0 saturated carbocycles. The van der Waals surface area contributed by atoms with Crippen molar-refractivity contribution >= 4 is 11.9 Å². The summed E-state index contributed by atoms with van der Waals surface area (Å²) in [5, 5.41) is 2.72. The number of benzene rings is 1. The molecular weight excluding hydrogens is 286 g/mol. The minimum atomic E-state index is -0.583. The maximum absolute atomic E-state index is 11.9. The van der Waals surface area contributed by atoms with Gasteiger partial charge in [0.05, 0.1) is 19.3 Å². The molecule has 22 heavy (non-hydrogen) atoms. The van der Waals surface area contributed by atoms with Crippen molar-refractivity contribution in [1.82, 2.24) is 5.32 Å². The number of hydrogen-bond donors (Lipinski definition) is 1. The molecule has 0 aliphatic heterocycles. The highest BCUT2D eigenvalue weighted by atomic mass is 16.5. The zero-order valence-corrected chi connectivity index (χ0v) is 13.5. The lowest BCUT2D eigenvalue weighted by Gasteiger charge is -2.12. The van der Waals surface area contributed by atoms with E-state index in [1.807, 2.05) is 20.8 Å². The predicted octanol–water partition coefficient (Wildman–Crippen LogP) is 2.17. The molecule has 1 unspecified atom stereocenters. The first-order valence-electron chi connectivity index (χ1n) is 7.29. The predicted molar refractivity (Wildman–Crippen MR) is 82.3 cm³/mol. The maximum atomic E-state index is 11.9. The molecule has 0 heterocycles. The Balaban J connectivity index is 2.64. The summed E-state index contributed by atoms with van der Waals surface area (Å²) in [6.45, 7) is 5.90. The lowest BCUT2D eigenvalue weighted by molar-refractivity contribution is -0.124. The molecular formula is C16H23NO5. The monoisotopic (exact) mass is 309 g/mol. The van der Waals surface area contributed by atoms with Crippen LogP contribution in [0.4, 0.5) is 0 Å². The van der Waals surface area contributed by atoms with Crippen LogP contribution >= 0.6 is 0 Å². The van der Waals surface area contributed by atoms with Crippen molar-refractivity contribution in [2.45, 2.75) is 33.2 Å². The van der Waals surface area contributed by atoms with Gasteiger partial charge in [0.25, 0.3) is 5.91 Å². The van der Waals surface area contributed by atoms with Gasteiger partial charge in [-0.2, -0.15) is 0 Å². The van der Waals surface area contributed by atoms with E-state index in [0.29, 0.717) is 23.7 Å². The lowest BCUT2D eigenvalue weighted by Crippen LogP contribution is -2.35. The van der Waals surface area contributed by atoms with Crippen LogP contribution in [0, 0.1) is 0 Å². The minimum Gasteiger partial charge on any atom is -0.493 e. The number of rotatable bonds is 8. The van der Waals surface area contributed by atoms with Gasteiger partial charge in [0.2, 0.25) is 0 Å². The Bertz CT molecular complexity index is 515. The molecule has 6 nitrogen and oxygen atoms in total. The van der Waals surface area contributed by atoms with Crippen molar-refractivity contribution in [2.75, 3.05) is 20.3 Å². The van der Waals surface area contributed by atoms with Crippen LogP contribution < -0.4 is 14.8 Å². The Kier molecular flexibility index (Phi) is 7.22. The van der Waals surface area contributed by atoms with E-state index < -0.39 is 5.97 Å². The molecule has 1 N–H and O–H groups in total. The van der Waals surface area contributed by atoms with E-state index in [-0.39, 0.29) is 18.6 Å². The lowest BCUT2D eigenvalue weighted by atomic mass is 10.2. The van der Waals surface area contributed by atoms with Crippen molar-refractivity contribution in [3.63, 3.8) is 0 Å². The number of esters is 1. The van der Waals surface area contributed by atoms with Crippen LogP contribution in [0.2, 0.25) is 0 Å². The van der Waals surface area contributed by atoms with Crippen LogP contribution in [-0.2, 0) is 9.53 Å². The number of methoxy groups -OCH3 is 1. The van der Waals surface area contributed by atoms with Gasteiger partial charge in [0.15, 0.2) is 18.1 Å². The summed E-state index contributed by atoms with van der Waals surface area (Å²) in [5.74, 6) is 0.0951. The minimum absolute atomic E-state index is 0.0526. The first kappa shape index (κ1) is 17.8. The summed E-state index contributed by atoms with van der Waals surface area (Å²) in [4.78, 5) is 23.5. The third-order valence-electron chi connectivity index (χ3n) is 3.05. The van der Waals surface area contributed by atoms with E-state index >= 15 is 0 Å². The van der Waals surface area contributed by atoms with Crippen LogP contribution in [0.5, 0.6) is 11.5 Å². The summed E-state index contributed by atoms with van der Waals surface area (Å²) in [6, 6.07) is 4.79. The second-order valence-corrected chi connectivity index (χ2v) is 4.75. The maximum Gasteiger partial charge on any atom is 0.338 e. The zero-order valence-electron chi connectivity index (χ0n) is 13.5. The molecule has 0 radical (unpaired) electrons. The summed E-state index contributed by atoms with van der Waals surface area (Å²) in [6.07, 6.45) is 0.815. The molecule has 6 heteroatoms. The van der Waals surface area contributed by atoms with Gasteiger partial charge in [-0.3, -0.25) is 4.79 Å². The molecule has 0 aromatic heterocycles. The second-order valence-electron chi connectivity index (χ2n) is 4.75. The molecule has 1 amide bonds. The van der Waals surface area contributed by atoms with E-state index in [2.05, 4.69) is 5.32 Å². The van der Waals surface area contributed by atoms with E-state index in [1.54, 1.807) is 12.1 Å². The van der Waals surface area contributed by atoms with Gasteiger partial charge in [-0.25, -0.2) is 4.79 Å². The van der Waals surface area contributed by atoms with Gasteiger partial charge in [0, 0.05) is 6.04 Å². The Hall–Kier alpha value is -2.24. The quantitative estimate of drug-likeness (QED) is 0.745. The SMILES string of the molecule is CCOc1ccc(C(=O)OCC(=O)NC(C)CC)cc1OC. The normalized spacial score (nSPS) is 11.5. The third kappa shape index (κ3) is 5.27. The Labute approximate surface area is 130 Å². The average molecular weight is 309 g/mol. The first-order chi connectivity index (χ1) is 10.5. The highest BCUT2D eigenvalue weighted by Crippen LogP contribution is 2.28. The van der Waals surface area contributed by atoms with Crippen LogP contribution in [0.3, 0.4) is 0 Å². The molecule has 122 valence electrons. The van der Waals surface area contributed by atoms with Gasteiger partial charge in [-0.15, -0.1) is 0 Å². The standard InChI is InChI=1S/C16H23NO5/c1-5-11(3)17-15(18)10-22-16(19)12-7-8-13(21-6-2)14(9-12)20-4/h7-9,11H,5-6,10H2,1-4H3,(H,17,18). The number of carbonyl (C=O) groups excluding carboxylic acids is 2. The third-order valence-corrected chi connectivity index (χ3v) is 3.05. The molecule has 0 saturated heterocycles. The molecule has 0 bridgehead atoms. The van der Waals surface area contributed by atoms with Crippen molar-refractivity contribution in [1.29, 1.82) is 0 Å². The van der Waals surface area contributed by atoms with E-state index in [4.69, 9.17) is 14.2 Å². The first-order valence-corrected chi connectivity index (χ1v) is 7.29. The molecule has 0 aliphatic carbocycles. The van der Waals surface area contributed by atoms with Crippen LogP contribution in [0.25, 0.3) is 0 Å². The smallest absolute Gasteiger partial charge is 0.338 e. The molecule has 0 spiro atoms. The van der Waals surface area contributed by atoms with Crippen molar-refractivity contribution < 1.29 is 23.8 Å². The molecule has 1 aromatic rings. The number of amides is 1. The summed E-state index contributed by atoms with van der Waals surface area (Å²) in [7, 11) is 1.49. The topological polar surface area (TPSA) is 73.9 Å². The molecule has 0 fully saturated rings. The average Bonchev–Trinajstić information content (AvgIpc) is 2.53. The zero-order chi connectivity index (χ0) is 16.5. The highest BCUT2D eigenvalue weighted by Gasteiger charge is 2.14. The van der Waals surface area contributed by atoms with Crippen molar-refractivity contribution in [3.05, 3.63) is 23.8 Å². The fourth-order valence-electron chi connectivity index (χ4n) is 1.70. The fourth-order valence-corrected chi connectivity index (χ4v) is 1.70. The van der Waals surface area contributed by atoms with Gasteiger partial charge in [0.1, 0.15) is 0 Å². The van der Waals surface area contributed by atoms with Crippen LogP contribution in [0.15, 0.2) is 18.2 Å². The fraction of sp³-hybridized carbons (Fsp3) is 0.500. The molecule has 1 atom stereocenters. The Morgan fingerprint density at radius 2 is 1.95 bits per heavy atom. The van der Waals surface area contributed by atoms with Gasteiger partial charge in [-0.1, -0.05) is 6.92 Å². The number of carbonyl (C=O) groups is 2. The largest absolute Gasteiger partial charge is 0.493 e. The summed E-state index contributed by atoms with van der Waals surface area (Å²) in [5.41, 5.74) is 0.302. The van der Waals surface area contributed by atoms with Crippen molar-refractivity contribution in [3.8, 4) is 11.5 Å². The summed E-state index contributed by atoms with van der Waals surface area (Å²) < 4.78 is 15.5. The van der Waals surface area contributed by atoms with Crippen LogP contribution in [0.1, 0.15) is 37.6 Å². The van der Waals surface area contributed by atoms with Gasteiger partial charge >= 0.3 is 5.97 Å². The number of ether oxygens (including phenoxy) is 3. The highest BCUT2D eigenvalue weighted by molar-refractivity contribution is 5.92. The number of nitrogens with one attached hydrogen (secondary N) is 1. The molecule has 1 aromatic carbocycles. The van der Waals surface area contributed by atoms with Crippen molar-refractivity contribution in [2.24, 2.45) is 0 Å². The number of hydrogen-bond acceptors (Lipinski definition) is 5. The Morgan fingerprint density at radius 1 is 1.23 bits per heavy atom. The molecule has 0 aliphatic rings. The van der Waals surface area contributed by atoms with E-state index in [9.17, 15) is 9.59 Å². The van der Waals surface area contributed by atoms with Crippen LogP contribution in [-0.4, -0.2) is 38.2 Å². The van der Waals surface area contributed by atoms with Gasteiger partial charge < -0.3 is 19.5 Å². The van der Waals surface area contributed by atoms with E-state index in [1.165, 1.54) is 13.2 Å². The summed E-state index contributed by atoms with van der Waals surface area (Å²) >= 11 is 0. The van der Waals surface area contributed by atoms with Gasteiger partial charge in [-0.05, 0) is 38.5 Å². The van der Waals surface area contributed by atoms with E-state index in [0.717, 1.165) is 6.42 Å². The second kappa shape index (κ2) is 8.92. The molecule has 1 rings (SSSR count).